The fraction of sp³-hybridized carbons (Fsp3) is 0.500. The molecule has 1 saturated heterocycles. The summed E-state index contributed by atoms with van der Waals surface area (Å²) in [5, 5.41) is 11.1. The summed E-state index contributed by atoms with van der Waals surface area (Å²) < 4.78 is 29.3. The highest BCUT2D eigenvalue weighted by Gasteiger charge is 2.37. The van der Waals surface area contributed by atoms with E-state index in [1.54, 1.807) is 20.3 Å². The number of hydrogen-bond acceptors (Lipinski definition) is 7. The van der Waals surface area contributed by atoms with Gasteiger partial charge in [-0.15, -0.1) is 0 Å². The molecule has 1 aromatic heterocycles. The number of halogens is 1. The minimum absolute atomic E-state index is 0.363. The molecule has 8 heteroatoms. The van der Waals surface area contributed by atoms with Gasteiger partial charge < -0.3 is 24.2 Å². The third-order valence-electron chi connectivity index (χ3n) is 5.16. The lowest BCUT2D eigenvalue weighted by Gasteiger charge is -2.29. The van der Waals surface area contributed by atoms with E-state index < -0.39 is 5.60 Å². The Morgan fingerprint density at radius 2 is 2.03 bits per heavy atom. The first kappa shape index (κ1) is 22.3. The molecule has 0 aliphatic carbocycles. The number of aromatic nitrogens is 1. The molecule has 0 radical (unpaired) electrons. The van der Waals surface area contributed by atoms with Gasteiger partial charge in [-0.2, -0.15) is 0 Å². The first-order chi connectivity index (χ1) is 14.4. The van der Waals surface area contributed by atoms with Crippen LogP contribution >= 0.6 is 0 Å². The second-order valence-corrected chi connectivity index (χ2v) is 7.73. The summed E-state index contributed by atoms with van der Waals surface area (Å²) in [4.78, 5) is 8.20. The molecule has 2 heterocycles. The zero-order chi connectivity index (χ0) is 21.6. The van der Waals surface area contributed by atoms with E-state index in [-0.39, 0.29) is 5.82 Å². The van der Waals surface area contributed by atoms with Crippen LogP contribution < -0.4 is 14.4 Å². The van der Waals surface area contributed by atoms with Crippen molar-refractivity contribution in [2.75, 3.05) is 59.0 Å². The van der Waals surface area contributed by atoms with Crippen LogP contribution in [0.25, 0.3) is 0 Å². The van der Waals surface area contributed by atoms with Gasteiger partial charge >= 0.3 is 0 Å². The van der Waals surface area contributed by atoms with Gasteiger partial charge in [-0.05, 0) is 43.3 Å². The lowest BCUT2D eigenvalue weighted by molar-refractivity contribution is 0.0279. The maximum Gasteiger partial charge on any atom is 0.161 e. The quantitative estimate of drug-likeness (QED) is 0.593. The second kappa shape index (κ2) is 10.1. The average Bonchev–Trinajstić information content (AvgIpc) is 3.10. The van der Waals surface area contributed by atoms with E-state index in [4.69, 9.17) is 14.2 Å². The predicted octanol–water partition coefficient (Wildman–Crippen LogP) is 2.33. The molecule has 0 amide bonds. The van der Waals surface area contributed by atoms with Gasteiger partial charge in [-0.3, -0.25) is 4.90 Å². The van der Waals surface area contributed by atoms with Crippen molar-refractivity contribution in [2.45, 2.75) is 18.6 Å². The summed E-state index contributed by atoms with van der Waals surface area (Å²) in [6.07, 6.45) is 1.83. The molecule has 0 saturated carbocycles. The minimum atomic E-state index is -0.852. The number of hydrogen-bond donors (Lipinski definition) is 1. The Hall–Kier alpha value is -2.42. The monoisotopic (exact) mass is 419 g/mol. The van der Waals surface area contributed by atoms with Crippen LogP contribution in [0.4, 0.5) is 10.2 Å². The molecule has 7 nitrogen and oxygen atoms in total. The van der Waals surface area contributed by atoms with Gasteiger partial charge in [0.1, 0.15) is 18.2 Å². The average molecular weight is 419 g/mol. The molecule has 1 atom stereocenters. The maximum absolute atomic E-state index is 13.1. The Morgan fingerprint density at radius 3 is 2.73 bits per heavy atom. The number of aliphatic hydroxyl groups is 1. The number of likely N-dealkylation sites (N-methyl/N-ethyl adjacent to an activating group) is 1. The molecule has 0 bridgehead atoms. The van der Waals surface area contributed by atoms with Crippen molar-refractivity contribution in [2.24, 2.45) is 0 Å². The molecule has 30 heavy (non-hydrogen) atoms. The van der Waals surface area contributed by atoms with Crippen LogP contribution in [-0.4, -0.2) is 74.7 Å². The van der Waals surface area contributed by atoms with Crippen molar-refractivity contribution in [1.29, 1.82) is 0 Å². The van der Waals surface area contributed by atoms with Crippen molar-refractivity contribution >= 4 is 5.82 Å². The lowest BCUT2D eigenvalue weighted by atomic mass is 10.0. The Labute approximate surface area is 177 Å². The standard InChI is InChI=1S/C22H30FN3O4/c1-25(14-17-4-6-19(29-3)20(12-17)30-11-10-28-2)15-22(27)8-9-26(16-22)21-7-5-18(23)13-24-21/h4-7,12-13,27H,8-11,14-16H2,1-3H3. The normalized spacial score (nSPS) is 18.8. The van der Waals surface area contributed by atoms with Gasteiger partial charge in [-0.25, -0.2) is 9.37 Å². The zero-order valence-corrected chi connectivity index (χ0v) is 17.8. The van der Waals surface area contributed by atoms with Crippen molar-refractivity contribution in [1.82, 2.24) is 9.88 Å². The number of nitrogens with zero attached hydrogens (tertiary/aromatic N) is 3. The Bertz CT molecular complexity index is 821. The van der Waals surface area contributed by atoms with Crippen LogP contribution in [0.1, 0.15) is 12.0 Å². The lowest BCUT2D eigenvalue weighted by Crippen LogP contribution is -2.43. The van der Waals surface area contributed by atoms with Gasteiger partial charge in [0.05, 0.1) is 25.5 Å². The van der Waals surface area contributed by atoms with E-state index in [2.05, 4.69) is 9.88 Å². The highest BCUT2D eigenvalue weighted by Crippen LogP contribution is 2.30. The second-order valence-electron chi connectivity index (χ2n) is 7.73. The van der Waals surface area contributed by atoms with E-state index in [0.29, 0.717) is 63.1 Å². The molecule has 3 rings (SSSR count). The van der Waals surface area contributed by atoms with Crippen LogP contribution in [0.3, 0.4) is 0 Å². The highest BCUT2D eigenvalue weighted by molar-refractivity contribution is 5.43. The van der Waals surface area contributed by atoms with E-state index in [0.717, 1.165) is 5.56 Å². The fourth-order valence-corrected chi connectivity index (χ4v) is 3.77. The summed E-state index contributed by atoms with van der Waals surface area (Å²) in [6, 6.07) is 8.87. The summed E-state index contributed by atoms with van der Waals surface area (Å²) >= 11 is 0. The van der Waals surface area contributed by atoms with E-state index in [1.807, 2.05) is 30.1 Å². The molecule has 0 spiro atoms. The third-order valence-corrected chi connectivity index (χ3v) is 5.16. The van der Waals surface area contributed by atoms with E-state index in [1.165, 1.54) is 12.3 Å². The molecular weight excluding hydrogens is 389 g/mol. The number of methoxy groups -OCH3 is 2. The zero-order valence-electron chi connectivity index (χ0n) is 17.8. The smallest absolute Gasteiger partial charge is 0.161 e. The number of β-amino-alcohol motifs (C(OH)–C–C–N with tert-alkyl or cyclic N) is 1. The van der Waals surface area contributed by atoms with Crippen molar-refractivity contribution < 1.29 is 23.7 Å². The van der Waals surface area contributed by atoms with Gasteiger partial charge in [0, 0.05) is 33.3 Å². The number of benzene rings is 1. The molecule has 1 aromatic carbocycles. The Morgan fingerprint density at radius 1 is 1.20 bits per heavy atom. The van der Waals surface area contributed by atoms with Crippen LogP contribution in [0.15, 0.2) is 36.5 Å². The molecule has 1 N–H and O–H groups in total. The number of pyridine rings is 1. The maximum atomic E-state index is 13.1. The number of anilines is 1. The first-order valence-corrected chi connectivity index (χ1v) is 9.98. The molecular formula is C22H30FN3O4. The van der Waals surface area contributed by atoms with Crippen LogP contribution in [0.5, 0.6) is 11.5 Å². The molecule has 2 aromatic rings. The molecule has 1 fully saturated rings. The summed E-state index contributed by atoms with van der Waals surface area (Å²) in [7, 11) is 5.22. The van der Waals surface area contributed by atoms with Gasteiger partial charge in [0.25, 0.3) is 0 Å². The topological polar surface area (TPSA) is 67.3 Å². The van der Waals surface area contributed by atoms with Gasteiger partial charge in [0.15, 0.2) is 11.5 Å². The highest BCUT2D eigenvalue weighted by atomic mass is 19.1. The molecule has 1 unspecified atom stereocenters. The van der Waals surface area contributed by atoms with Crippen molar-refractivity contribution in [3.63, 3.8) is 0 Å². The Kier molecular flexibility index (Phi) is 7.47. The molecule has 1 aliphatic rings. The summed E-state index contributed by atoms with van der Waals surface area (Å²) in [5.74, 6) is 1.67. The SMILES string of the molecule is COCCOc1cc(CN(C)CC2(O)CCN(c3ccc(F)cn3)C2)ccc1OC. The van der Waals surface area contributed by atoms with E-state index in [9.17, 15) is 9.50 Å². The van der Waals surface area contributed by atoms with Crippen LogP contribution in [0.2, 0.25) is 0 Å². The summed E-state index contributed by atoms with van der Waals surface area (Å²) in [6.45, 7) is 3.25. The minimum Gasteiger partial charge on any atom is -0.493 e. The summed E-state index contributed by atoms with van der Waals surface area (Å²) in [5.41, 5.74) is 0.208. The Balaban J connectivity index is 1.59. The molecule has 164 valence electrons. The van der Waals surface area contributed by atoms with Crippen LogP contribution in [-0.2, 0) is 11.3 Å². The van der Waals surface area contributed by atoms with Gasteiger partial charge in [-0.1, -0.05) is 6.07 Å². The largest absolute Gasteiger partial charge is 0.493 e. The van der Waals surface area contributed by atoms with Gasteiger partial charge in [0.2, 0.25) is 0 Å². The van der Waals surface area contributed by atoms with Crippen molar-refractivity contribution in [3.05, 3.63) is 47.9 Å². The predicted molar refractivity (Wildman–Crippen MR) is 113 cm³/mol. The first-order valence-electron chi connectivity index (χ1n) is 9.98. The third kappa shape index (κ3) is 5.81. The van der Waals surface area contributed by atoms with Crippen molar-refractivity contribution in [3.8, 4) is 11.5 Å². The number of ether oxygens (including phenoxy) is 3. The van der Waals surface area contributed by atoms with E-state index >= 15 is 0 Å². The number of rotatable bonds is 10. The van der Waals surface area contributed by atoms with Crippen LogP contribution in [0, 0.1) is 5.82 Å². The fourth-order valence-electron chi connectivity index (χ4n) is 3.77. The molecule has 1 aliphatic heterocycles.